The number of halogens is 1. The summed E-state index contributed by atoms with van der Waals surface area (Å²) in [6.45, 7) is 5.67. The first-order valence-electron chi connectivity index (χ1n) is 6.11. The lowest BCUT2D eigenvalue weighted by Crippen LogP contribution is -2.41. The maximum Gasteiger partial charge on any atom is 0.326 e. The molecule has 0 bridgehead atoms. The van der Waals surface area contributed by atoms with E-state index in [1.807, 2.05) is 20.8 Å². The van der Waals surface area contributed by atoms with E-state index in [9.17, 15) is 9.59 Å². The van der Waals surface area contributed by atoms with Crippen LogP contribution in [0.2, 0.25) is 5.02 Å². The van der Waals surface area contributed by atoms with Gasteiger partial charge in [-0.2, -0.15) is 0 Å². The number of rotatable bonds is 5. The van der Waals surface area contributed by atoms with E-state index in [2.05, 4.69) is 5.32 Å². The molecule has 104 valence electrons. The van der Waals surface area contributed by atoms with Crippen molar-refractivity contribution in [2.75, 3.05) is 0 Å². The molecule has 0 radical (unpaired) electrons. The number of aryl methyl sites for hydroxylation is 1. The summed E-state index contributed by atoms with van der Waals surface area (Å²) in [5.41, 5.74) is 1.24. The molecule has 0 heterocycles. The SMILES string of the molecule is Cc1ccc(C(=O)N[C@@H](CC(C)C)C(=O)O)c(Cl)c1. The van der Waals surface area contributed by atoms with Crippen LogP contribution in [0.1, 0.15) is 36.2 Å². The third-order valence-electron chi connectivity index (χ3n) is 2.68. The lowest BCUT2D eigenvalue weighted by molar-refractivity contribution is -0.139. The highest BCUT2D eigenvalue weighted by Gasteiger charge is 2.22. The molecule has 0 spiro atoms. The van der Waals surface area contributed by atoms with Crippen molar-refractivity contribution in [3.05, 3.63) is 34.3 Å². The normalized spacial score (nSPS) is 12.3. The number of hydrogen-bond acceptors (Lipinski definition) is 2. The number of carboxylic acids is 1. The zero-order valence-electron chi connectivity index (χ0n) is 11.2. The van der Waals surface area contributed by atoms with Crippen LogP contribution >= 0.6 is 11.6 Å². The summed E-state index contributed by atoms with van der Waals surface area (Å²) >= 11 is 5.98. The summed E-state index contributed by atoms with van der Waals surface area (Å²) in [5.74, 6) is -1.32. The van der Waals surface area contributed by atoms with Crippen LogP contribution in [-0.2, 0) is 4.79 Å². The first kappa shape index (κ1) is 15.5. The maximum atomic E-state index is 12.0. The summed E-state index contributed by atoms with van der Waals surface area (Å²) in [7, 11) is 0. The lowest BCUT2D eigenvalue weighted by Gasteiger charge is -2.17. The van der Waals surface area contributed by atoms with Gasteiger partial charge in [0.05, 0.1) is 10.6 Å². The van der Waals surface area contributed by atoms with Crippen molar-refractivity contribution in [3.63, 3.8) is 0 Å². The quantitative estimate of drug-likeness (QED) is 0.873. The van der Waals surface area contributed by atoms with Gasteiger partial charge in [-0.3, -0.25) is 4.79 Å². The number of aliphatic carboxylic acids is 1. The van der Waals surface area contributed by atoms with Crippen LogP contribution in [0.25, 0.3) is 0 Å². The molecule has 4 nitrogen and oxygen atoms in total. The third-order valence-corrected chi connectivity index (χ3v) is 2.99. The van der Waals surface area contributed by atoms with Crippen LogP contribution in [0.4, 0.5) is 0 Å². The monoisotopic (exact) mass is 283 g/mol. The Morgan fingerprint density at radius 1 is 1.37 bits per heavy atom. The van der Waals surface area contributed by atoms with E-state index in [1.54, 1.807) is 18.2 Å². The molecule has 0 saturated heterocycles. The highest BCUT2D eigenvalue weighted by molar-refractivity contribution is 6.33. The molecule has 19 heavy (non-hydrogen) atoms. The summed E-state index contributed by atoms with van der Waals surface area (Å²) in [6.07, 6.45) is 0.380. The Kier molecular flexibility index (Phi) is 5.36. The van der Waals surface area contributed by atoms with Gasteiger partial charge in [-0.15, -0.1) is 0 Å². The Morgan fingerprint density at radius 3 is 2.47 bits per heavy atom. The van der Waals surface area contributed by atoms with Crippen LogP contribution in [0, 0.1) is 12.8 Å². The van der Waals surface area contributed by atoms with Gasteiger partial charge in [-0.1, -0.05) is 31.5 Å². The number of benzene rings is 1. The molecule has 0 aliphatic carbocycles. The van der Waals surface area contributed by atoms with Crippen LogP contribution in [0.15, 0.2) is 18.2 Å². The van der Waals surface area contributed by atoms with E-state index in [0.29, 0.717) is 17.0 Å². The molecule has 0 aromatic heterocycles. The Labute approximate surface area is 117 Å². The first-order valence-corrected chi connectivity index (χ1v) is 6.49. The lowest BCUT2D eigenvalue weighted by atomic mass is 10.0. The summed E-state index contributed by atoms with van der Waals surface area (Å²) in [6, 6.07) is 4.14. The van der Waals surface area contributed by atoms with Gasteiger partial charge in [0.25, 0.3) is 5.91 Å². The zero-order valence-corrected chi connectivity index (χ0v) is 12.0. The Hall–Kier alpha value is -1.55. The number of carboxylic acid groups (broad SMARTS) is 1. The van der Waals surface area contributed by atoms with Crippen molar-refractivity contribution in [1.29, 1.82) is 0 Å². The Morgan fingerprint density at radius 2 is 2.00 bits per heavy atom. The average Bonchev–Trinajstić information content (AvgIpc) is 2.26. The fraction of sp³-hybridized carbons (Fsp3) is 0.429. The van der Waals surface area contributed by atoms with Crippen molar-refractivity contribution in [1.82, 2.24) is 5.32 Å². The minimum atomic E-state index is -1.04. The molecule has 0 aliphatic heterocycles. The molecule has 1 aromatic rings. The van der Waals surface area contributed by atoms with Crippen LogP contribution in [-0.4, -0.2) is 23.0 Å². The van der Waals surface area contributed by atoms with Crippen LogP contribution in [0.3, 0.4) is 0 Å². The molecule has 0 fully saturated rings. The van der Waals surface area contributed by atoms with E-state index in [0.717, 1.165) is 5.56 Å². The van der Waals surface area contributed by atoms with Gasteiger partial charge >= 0.3 is 5.97 Å². The number of carbonyl (C=O) groups is 2. The van der Waals surface area contributed by atoms with Crippen molar-refractivity contribution in [2.45, 2.75) is 33.2 Å². The molecule has 5 heteroatoms. The van der Waals surface area contributed by atoms with E-state index >= 15 is 0 Å². The van der Waals surface area contributed by atoms with Crippen molar-refractivity contribution >= 4 is 23.5 Å². The molecular weight excluding hydrogens is 266 g/mol. The van der Waals surface area contributed by atoms with Crippen LogP contribution in [0.5, 0.6) is 0 Å². The van der Waals surface area contributed by atoms with Gasteiger partial charge < -0.3 is 10.4 Å². The Bertz CT molecular complexity index is 486. The standard InChI is InChI=1S/C14H18ClNO3/c1-8(2)6-12(14(18)19)16-13(17)10-5-4-9(3)7-11(10)15/h4-5,7-8,12H,6H2,1-3H3,(H,16,17)(H,18,19)/t12-/m0/s1. The van der Waals surface area contributed by atoms with Crippen molar-refractivity contribution in [3.8, 4) is 0 Å². The molecule has 2 N–H and O–H groups in total. The van der Waals surface area contributed by atoms with Gasteiger partial charge in [0.1, 0.15) is 6.04 Å². The van der Waals surface area contributed by atoms with E-state index in [1.165, 1.54) is 0 Å². The fourth-order valence-corrected chi connectivity index (χ4v) is 2.05. The molecule has 1 amide bonds. The average molecular weight is 284 g/mol. The van der Waals surface area contributed by atoms with Gasteiger partial charge in [0.2, 0.25) is 0 Å². The molecule has 1 rings (SSSR count). The van der Waals surface area contributed by atoms with E-state index in [4.69, 9.17) is 16.7 Å². The van der Waals surface area contributed by atoms with E-state index in [-0.39, 0.29) is 5.92 Å². The molecule has 1 aromatic carbocycles. The minimum absolute atomic E-state index is 0.176. The summed E-state index contributed by atoms with van der Waals surface area (Å²) < 4.78 is 0. The second kappa shape index (κ2) is 6.57. The minimum Gasteiger partial charge on any atom is -0.480 e. The molecule has 0 unspecified atom stereocenters. The zero-order chi connectivity index (χ0) is 14.6. The number of nitrogens with one attached hydrogen (secondary N) is 1. The number of amides is 1. The van der Waals surface area contributed by atoms with Gasteiger partial charge in [-0.05, 0) is 37.0 Å². The molecule has 0 saturated carbocycles. The van der Waals surface area contributed by atoms with Crippen LogP contribution < -0.4 is 5.32 Å². The van der Waals surface area contributed by atoms with Gasteiger partial charge in [0, 0.05) is 0 Å². The van der Waals surface area contributed by atoms with Gasteiger partial charge in [0.15, 0.2) is 0 Å². The fourth-order valence-electron chi connectivity index (χ4n) is 1.73. The molecular formula is C14H18ClNO3. The largest absolute Gasteiger partial charge is 0.480 e. The van der Waals surface area contributed by atoms with Crippen molar-refractivity contribution < 1.29 is 14.7 Å². The second-order valence-corrected chi connectivity index (χ2v) is 5.38. The van der Waals surface area contributed by atoms with Gasteiger partial charge in [-0.25, -0.2) is 4.79 Å². The topological polar surface area (TPSA) is 66.4 Å². The molecule has 1 atom stereocenters. The predicted molar refractivity (Wildman–Crippen MR) is 74.5 cm³/mol. The van der Waals surface area contributed by atoms with Crippen molar-refractivity contribution in [2.24, 2.45) is 5.92 Å². The summed E-state index contributed by atoms with van der Waals surface area (Å²) in [4.78, 5) is 23.1. The predicted octanol–water partition coefficient (Wildman–Crippen LogP) is 2.88. The smallest absolute Gasteiger partial charge is 0.326 e. The van der Waals surface area contributed by atoms with E-state index < -0.39 is 17.9 Å². The Balaban J connectivity index is 2.84. The maximum absolute atomic E-state index is 12.0. The third kappa shape index (κ3) is 4.56. The second-order valence-electron chi connectivity index (χ2n) is 4.98. The first-order chi connectivity index (χ1) is 8.81. The molecule has 0 aliphatic rings. The summed E-state index contributed by atoms with van der Waals surface area (Å²) in [5, 5.41) is 11.9. The highest BCUT2D eigenvalue weighted by atomic mass is 35.5. The highest BCUT2D eigenvalue weighted by Crippen LogP contribution is 2.18. The number of hydrogen-bond donors (Lipinski definition) is 2. The number of carbonyl (C=O) groups excluding carboxylic acids is 1.